The van der Waals surface area contributed by atoms with Gasteiger partial charge in [-0.05, 0) is 47.9 Å². The zero-order chi connectivity index (χ0) is 19.0. The molecule has 5 nitrogen and oxygen atoms in total. The summed E-state index contributed by atoms with van der Waals surface area (Å²) in [6.07, 6.45) is 0.758. The topological polar surface area (TPSA) is 68.4 Å². The molecule has 27 heavy (non-hydrogen) atoms. The van der Waals surface area contributed by atoms with Crippen molar-refractivity contribution in [2.45, 2.75) is 19.0 Å². The van der Waals surface area contributed by atoms with Crippen LogP contribution >= 0.6 is 23.2 Å². The second-order valence-electron chi connectivity index (χ2n) is 6.68. The molecule has 2 amide bonds. The number of aromatic amines is 1. The second kappa shape index (κ2) is 7.43. The van der Waals surface area contributed by atoms with Crippen molar-refractivity contribution in [2.24, 2.45) is 0 Å². The van der Waals surface area contributed by atoms with Gasteiger partial charge in [-0.1, -0.05) is 35.3 Å². The number of hydrogen-bond acceptors (Lipinski definition) is 2. The van der Waals surface area contributed by atoms with Crippen molar-refractivity contribution in [3.8, 4) is 0 Å². The van der Waals surface area contributed by atoms with Crippen LogP contribution in [0.15, 0.2) is 42.5 Å². The maximum atomic E-state index is 12.7. The van der Waals surface area contributed by atoms with E-state index in [0.29, 0.717) is 23.1 Å². The molecule has 0 saturated heterocycles. The van der Waals surface area contributed by atoms with Crippen molar-refractivity contribution in [2.75, 3.05) is 13.2 Å². The van der Waals surface area contributed by atoms with Crippen LogP contribution in [0.4, 0.5) is 4.79 Å². The summed E-state index contributed by atoms with van der Waals surface area (Å²) >= 11 is 12.0. The third kappa shape index (κ3) is 3.63. The van der Waals surface area contributed by atoms with Crippen molar-refractivity contribution in [3.05, 3.63) is 69.3 Å². The summed E-state index contributed by atoms with van der Waals surface area (Å²) in [5.74, 6) is 0. The van der Waals surface area contributed by atoms with Gasteiger partial charge in [0.05, 0.1) is 19.2 Å². The molecule has 1 aliphatic heterocycles. The first-order valence-electron chi connectivity index (χ1n) is 8.76. The minimum atomic E-state index is -0.474. The van der Waals surface area contributed by atoms with E-state index in [1.54, 1.807) is 29.2 Å². The number of hydrogen-bond donors (Lipinski definition) is 3. The minimum Gasteiger partial charge on any atom is -0.394 e. The molecule has 0 bridgehead atoms. The number of halogens is 2. The summed E-state index contributed by atoms with van der Waals surface area (Å²) in [4.78, 5) is 17.9. The molecular weight excluding hydrogens is 385 g/mol. The van der Waals surface area contributed by atoms with Crippen LogP contribution in [0.25, 0.3) is 10.9 Å². The van der Waals surface area contributed by atoms with Crippen LogP contribution in [0.2, 0.25) is 10.0 Å². The van der Waals surface area contributed by atoms with E-state index in [1.165, 1.54) is 5.56 Å². The van der Waals surface area contributed by atoms with Gasteiger partial charge in [-0.15, -0.1) is 0 Å². The predicted molar refractivity (Wildman–Crippen MR) is 107 cm³/mol. The number of amides is 2. The number of carbonyl (C=O) groups excluding carboxylic acids is 1. The Morgan fingerprint density at radius 2 is 1.93 bits per heavy atom. The number of nitrogens with one attached hydrogen (secondary N) is 2. The van der Waals surface area contributed by atoms with Crippen molar-refractivity contribution < 1.29 is 9.90 Å². The zero-order valence-electron chi connectivity index (χ0n) is 14.5. The average molecular weight is 404 g/mol. The molecule has 1 atom stereocenters. The minimum absolute atomic E-state index is 0.183. The molecule has 0 fully saturated rings. The van der Waals surface area contributed by atoms with E-state index in [-0.39, 0.29) is 12.6 Å². The van der Waals surface area contributed by atoms with E-state index >= 15 is 0 Å². The largest absolute Gasteiger partial charge is 0.394 e. The Kier molecular flexibility index (Phi) is 5.00. The van der Waals surface area contributed by atoms with Crippen molar-refractivity contribution in [1.82, 2.24) is 15.2 Å². The Morgan fingerprint density at radius 1 is 1.19 bits per heavy atom. The van der Waals surface area contributed by atoms with Gasteiger partial charge >= 0.3 is 6.03 Å². The maximum absolute atomic E-state index is 12.7. The quantitative estimate of drug-likeness (QED) is 0.610. The highest BCUT2D eigenvalue weighted by molar-refractivity contribution is 6.31. The van der Waals surface area contributed by atoms with Gasteiger partial charge in [0.2, 0.25) is 0 Å². The number of nitrogens with zero attached hydrogens (tertiary/aromatic N) is 1. The summed E-state index contributed by atoms with van der Waals surface area (Å²) < 4.78 is 0. The summed E-state index contributed by atoms with van der Waals surface area (Å²) in [5, 5.41) is 15.0. The fourth-order valence-corrected chi connectivity index (χ4v) is 3.85. The van der Waals surface area contributed by atoms with E-state index in [4.69, 9.17) is 23.2 Å². The molecule has 0 spiro atoms. The number of aliphatic hydroxyl groups excluding tert-OH is 1. The van der Waals surface area contributed by atoms with Gasteiger partial charge in [-0.25, -0.2) is 4.79 Å². The SMILES string of the molecule is O=C(NC(CO)c1ccc(Cl)cc1)N1CCc2c([nH]c3ccc(Cl)cc23)C1. The molecule has 1 aromatic heterocycles. The van der Waals surface area contributed by atoms with E-state index in [2.05, 4.69) is 10.3 Å². The van der Waals surface area contributed by atoms with Crippen LogP contribution < -0.4 is 5.32 Å². The Hall–Kier alpha value is -2.21. The van der Waals surface area contributed by atoms with E-state index < -0.39 is 6.04 Å². The Labute approximate surface area is 166 Å². The monoisotopic (exact) mass is 403 g/mol. The fourth-order valence-electron chi connectivity index (χ4n) is 3.56. The molecule has 4 rings (SSSR count). The zero-order valence-corrected chi connectivity index (χ0v) is 16.0. The fraction of sp³-hybridized carbons (Fsp3) is 0.250. The Bertz CT molecular complexity index is 985. The standard InChI is InChI=1S/C20H19Cl2N3O2/c21-13-3-1-12(2-4-13)19(11-26)24-20(27)25-8-7-15-16-9-14(22)5-6-17(16)23-18(15)10-25/h1-6,9,19,23,26H,7-8,10-11H2,(H,24,27). The number of aromatic nitrogens is 1. The van der Waals surface area contributed by atoms with Gasteiger partial charge < -0.3 is 20.3 Å². The molecule has 0 saturated carbocycles. The highest BCUT2D eigenvalue weighted by Crippen LogP contribution is 2.29. The molecule has 2 heterocycles. The summed E-state index contributed by atoms with van der Waals surface area (Å²) in [6, 6.07) is 12.2. The van der Waals surface area contributed by atoms with Crippen molar-refractivity contribution >= 4 is 40.1 Å². The number of urea groups is 1. The van der Waals surface area contributed by atoms with Crippen molar-refractivity contribution in [3.63, 3.8) is 0 Å². The van der Waals surface area contributed by atoms with Crippen LogP contribution in [0.1, 0.15) is 22.9 Å². The molecule has 3 aromatic rings. The number of fused-ring (bicyclic) bond motifs is 3. The van der Waals surface area contributed by atoms with Crippen LogP contribution in [-0.2, 0) is 13.0 Å². The normalized spacial score (nSPS) is 14.9. The van der Waals surface area contributed by atoms with Gasteiger partial charge in [0.15, 0.2) is 0 Å². The smallest absolute Gasteiger partial charge is 0.318 e. The summed E-state index contributed by atoms with van der Waals surface area (Å²) in [6.45, 7) is 0.917. The van der Waals surface area contributed by atoms with Gasteiger partial charge in [-0.3, -0.25) is 0 Å². The predicted octanol–water partition coefficient (Wildman–Crippen LogP) is 4.28. The highest BCUT2D eigenvalue weighted by Gasteiger charge is 2.25. The number of rotatable bonds is 3. The number of benzene rings is 2. The van der Waals surface area contributed by atoms with Crippen LogP contribution in [0, 0.1) is 0 Å². The second-order valence-corrected chi connectivity index (χ2v) is 7.55. The molecule has 0 aliphatic carbocycles. The number of carbonyl (C=O) groups is 1. The first-order chi connectivity index (χ1) is 13.0. The third-order valence-electron chi connectivity index (χ3n) is 4.98. The first kappa shape index (κ1) is 18.2. The van der Waals surface area contributed by atoms with Gasteiger partial charge in [-0.2, -0.15) is 0 Å². The highest BCUT2D eigenvalue weighted by atomic mass is 35.5. The van der Waals surface area contributed by atoms with E-state index in [1.807, 2.05) is 18.2 Å². The molecule has 1 aliphatic rings. The van der Waals surface area contributed by atoms with Gasteiger partial charge in [0.25, 0.3) is 0 Å². The lowest BCUT2D eigenvalue weighted by molar-refractivity contribution is 0.177. The molecule has 2 aromatic carbocycles. The molecule has 140 valence electrons. The molecule has 0 radical (unpaired) electrons. The van der Waals surface area contributed by atoms with Gasteiger partial charge in [0, 0.05) is 33.2 Å². The van der Waals surface area contributed by atoms with Crippen LogP contribution in [0.3, 0.4) is 0 Å². The van der Waals surface area contributed by atoms with Crippen molar-refractivity contribution in [1.29, 1.82) is 0 Å². The number of H-pyrrole nitrogens is 1. The summed E-state index contributed by atoms with van der Waals surface area (Å²) in [5.41, 5.74) is 4.09. The molecular formula is C20H19Cl2N3O2. The van der Waals surface area contributed by atoms with E-state index in [9.17, 15) is 9.90 Å². The Morgan fingerprint density at radius 3 is 2.67 bits per heavy atom. The molecule has 3 N–H and O–H groups in total. The number of aliphatic hydroxyl groups is 1. The molecule has 7 heteroatoms. The Balaban J connectivity index is 1.50. The van der Waals surface area contributed by atoms with Crippen LogP contribution in [-0.4, -0.2) is 34.2 Å². The lowest BCUT2D eigenvalue weighted by Crippen LogP contribution is -2.44. The van der Waals surface area contributed by atoms with Crippen LogP contribution in [0.5, 0.6) is 0 Å². The van der Waals surface area contributed by atoms with E-state index in [0.717, 1.165) is 28.6 Å². The summed E-state index contributed by atoms with van der Waals surface area (Å²) in [7, 11) is 0. The molecule has 1 unspecified atom stereocenters. The first-order valence-corrected chi connectivity index (χ1v) is 9.51. The maximum Gasteiger partial charge on any atom is 0.318 e. The lowest BCUT2D eigenvalue weighted by Gasteiger charge is -2.29. The van der Waals surface area contributed by atoms with Gasteiger partial charge in [0.1, 0.15) is 0 Å². The average Bonchev–Trinajstić information content (AvgIpc) is 3.03. The lowest BCUT2D eigenvalue weighted by atomic mass is 10.0. The third-order valence-corrected chi connectivity index (χ3v) is 5.46.